The highest BCUT2D eigenvalue weighted by molar-refractivity contribution is 5.64. The van der Waals surface area contributed by atoms with Gasteiger partial charge in [-0.05, 0) is 62.9 Å². The third-order valence-corrected chi connectivity index (χ3v) is 5.94. The van der Waals surface area contributed by atoms with Crippen LogP contribution in [0.4, 0.5) is 13.2 Å². The summed E-state index contributed by atoms with van der Waals surface area (Å²) < 4.78 is 56.8. The van der Waals surface area contributed by atoms with Crippen molar-refractivity contribution in [3.8, 4) is 11.1 Å². The van der Waals surface area contributed by atoms with E-state index in [1.165, 1.54) is 44.2 Å². The van der Waals surface area contributed by atoms with Gasteiger partial charge in [-0.15, -0.1) is 0 Å². The molecule has 202 valence electrons. The van der Waals surface area contributed by atoms with Crippen LogP contribution in [0.5, 0.6) is 0 Å². The van der Waals surface area contributed by atoms with E-state index in [2.05, 4.69) is 6.92 Å². The Bertz CT molecular complexity index is 835. The Kier molecular flexibility index (Phi) is 13.0. The molecular weight excluding hydrogens is 465 g/mol. The highest BCUT2D eigenvalue weighted by atomic mass is 19.4. The summed E-state index contributed by atoms with van der Waals surface area (Å²) in [6.45, 7) is 9.25. The summed E-state index contributed by atoms with van der Waals surface area (Å²) in [6.07, 6.45) is 4.68. The molecule has 1 atom stereocenters. The van der Waals surface area contributed by atoms with Crippen molar-refractivity contribution < 1.29 is 27.4 Å². The summed E-state index contributed by atoms with van der Waals surface area (Å²) in [5.74, 6) is 0. The topological polar surface area (TPSA) is 27.7 Å². The van der Waals surface area contributed by atoms with E-state index in [0.717, 1.165) is 48.1 Å². The molecule has 0 aliphatic rings. The molecule has 0 saturated heterocycles. The standard InChI is InChI=1S/C30H43F3O3/c1-6-7-8-9-10-11-12-13-28(36-29(34-22(2)3)35-23(4)5)26-16-14-24(15-17-26)25-18-20-27(21-19-25)30(31,32)33/h14-23,28-29H,6-13H2,1-5H3. The van der Waals surface area contributed by atoms with Gasteiger partial charge in [-0.3, -0.25) is 0 Å². The van der Waals surface area contributed by atoms with Crippen molar-refractivity contribution in [2.24, 2.45) is 0 Å². The summed E-state index contributed by atoms with van der Waals surface area (Å²) >= 11 is 0. The maximum atomic E-state index is 12.9. The first-order valence-corrected chi connectivity index (χ1v) is 13.3. The predicted molar refractivity (Wildman–Crippen MR) is 140 cm³/mol. The molecule has 0 amide bonds. The van der Waals surface area contributed by atoms with Crippen LogP contribution in [0.15, 0.2) is 48.5 Å². The van der Waals surface area contributed by atoms with Gasteiger partial charge in [0.05, 0.1) is 23.9 Å². The zero-order chi connectivity index (χ0) is 26.6. The summed E-state index contributed by atoms with van der Waals surface area (Å²) in [5.41, 5.74) is 1.95. The maximum absolute atomic E-state index is 12.9. The second-order valence-corrected chi connectivity index (χ2v) is 9.89. The van der Waals surface area contributed by atoms with Crippen LogP contribution in [-0.4, -0.2) is 18.7 Å². The Morgan fingerprint density at radius 3 is 1.58 bits per heavy atom. The molecule has 0 saturated carbocycles. The van der Waals surface area contributed by atoms with Gasteiger partial charge in [-0.1, -0.05) is 88.3 Å². The zero-order valence-electron chi connectivity index (χ0n) is 22.4. The number of rotatable bonds is 16. The van der Waals surface area contributed by atoms with E-state index in [1.54, 1.807) is 0 Å². The molecule has 2 rings (SSSR count). The molecule has 3 nitrogen and oxygen atoms in total. The molecule has 0 N–H and O–H groups in total. The van der Waals surface area contributed by atoms with Crippen molar-refractivity contribution in [3.63, 3.8) is 0 Å². The van der Waals surface area contributed by atoms with E-state index in [9.17, 15) is 13.2 Å². The van der Waals surface area contributed by atoms with Gasteiger partial charge in [0.1, 0.15) is 0 Å². The normalized spacial score (nSPS) is 13.2. The largest absolute Gasteiger partial charge is 0.416 e. The minimum atomic E-state index is -4.34. The lowest BCUT2D eigenvalue weighted by atomic mass is 9.98. The summed E-state index contributed by atoms with van der Waals surface area (Å²) in [6, 6.07) is 13.1. The van der Waals surface area contributed by atoms with Crippen molar-refractivity contribution in [1.29, 1.82) is 0 Å². The first kappa shape index (κ1) is 30.3. The Morgan fingerprint density at radius 2 is 1.11 bits per heavy atom. The number of alkyl halides is 3. The molecule has 2 aromatic carbocycles. The number of hydrogen-bond donors (Lipinski definition) is 0. The second kappa shape index (κ2) is 15.4. The lowest BCUT2D eigenvalue weighted by Crippen LogP contribution is -2.29. The number of benzene rings is 2. The first-order chi connectivity index (χ1) is 17.1. The van der Waals surface area contributed by atoms with E-state index < -0.39 is 18.2 Å². The molecule has 0 aliphatic carbocycles. The van der Waals surface area contributed by atoms with Gasteiger partial charge < -0.3 is 14.2 Å². The van der Waals surface area contributed by atoms with Gasteiger partial charge in [0.25, 0.3) is 6.48 Å². The highest BCUT2D eigenvalue weighted by Crippen LogP contribution is 2.32. The Labute approximate surface area is 215 Å². The van der Waals surface area contributed by atoms with E-state index in [4.69, 9.17) is 14.2 Å². The van der Waals surface area contributed by atoms with Crippen molar-refractivity contribution in [2.45, 2.75) is 117 Å². The van der Waals surface area contributed by atoms with Gasteiger partial charge in [0, 0.05) is 0 Å². The van der Waals surface area contributed by atoms with Crippen LogP contribution < -0.4 is 0 Å². The highest BCUT2D eigenvalue weighted by Gasteiger charge is 2.30. The Hall–Kier alpha value is -1.89. The number of halogens is 3. The van der Waals surface area contributed by atoms with E-state index in [1.807, 2.05) is 52.0 Å². The maximum Gasteiger partial charge on any atom is 0.416 e. The lowest BCUT2D eigenvalue weighted by molar-refractivity contribution is -0.328. The monoisotopic (exact) mass is 508 g/mol. The third kappa shape index (κ3) is 11.0. The molecule has 0 bridgehead atoms. The van der Waals surface area contributed by atoms with Gasteiger partial charge in [0.2, 0.25) is 0 Å². The first-order valence-electron chi connectivity index (χ1n) is 13.3. The summed E-state index contributed by atoms with van der Waals surface area (Å²) in [5, 5.41) is 0. The van der Waals surface area contributed by atoms with Crippen LogP contribution >= 0.6 is 0 Å². The average Bonchev–Trinajstić information content (AvgIpc) is 2.81. The van der Waals surface area contributed by atoms with Gasteiger partial charge in [-0.2, -0.15) is 13.2 Å². The minimum absolute atomic E-state index is 0.0463. The zero-order valence-corrected chi connectivity index (χ0v) is 22.4. The molecule has 1 unspecified atom stereocenters. The fraction of sp³-hybridized carbons (Fsp3) is 0.600. The second-order valence-electron chi connectivity index (χ2n) is 9.89. The summed E-state index contributed by atoms with van der Waals surface area (Å²) in [7, 11) is 0. The molecular formula is C30H43F3O3. The fourth-order valence-electron chi connectivity index (χ4n) is 4.02. The van der Waals surface area contributed by atoms with Crippen LogP contribution in [0.25, 0.3) is 11.1 Å². The molecule has 36 heavy (non-hydrogen) atoms. The molecule has 0 aliphatic heterocycles. The van der Waals surface area contributed by atoms with Crippen molar-refractivity contribution >= 4 is 0 Å². The van der Waals surface area contributed by atoms with Crippen LogP contribution in [0.2, 0.25) is 0 Å². The summed E-state index contributed by atoms with van der Waals surface area (Å²) in [4.78, 5) is 0. The van der Waals surface area contributed by atoms with Crippen LogP contribution in [-0.2, 0) is 20.4 Å². The van der Waals surface area contributed by atoms with E-state index in [-0.39, 0.29) is 18.3 Å². The lowest BCUT2D eigenvalue weighted by Gasteiger charge is -2.28. The minimum Gasteiger partial charge on any atom is -0.327 e. The number of unbranched alkanes of at least 4 members (excludes halogenated alkanes) is 6. The van der Waals surface area contributed by atoms with Crippen LogP contribution in [0.1, 0.15) is 103 Å². The third-order valence-electron chi connectivity index (χ3n) is 5.94. The molecule has 0 heterocycles. The van der Waals surface area contributed by atoms with Crippen molar-refractivity contribution in [2.75, 3.05) is 0 Å². The average molecular weight is 509 g/mol. The Morgan fingerprint density at radius 1 is 0.639 bits per heavy atom. The SMILES string of the molecule is CCCCCCCCCC(OC(OC(C)C)OC(C)C)c1ccc(-c2ccc(C(F)(F)F)cc2)cc1. The van der Waals surface area contributed by atoms with Gasteiger partial charge in [-0.25, -0.2) is 0 Å². The van der Waals surface area contributed by atoms with Crippen LogP contribution in [0, 0.1) is 0 Å². The molecule has 2 aromatic rings. The Balaban J connectivity index is 2.13. The smallest absolute Gasteiger partial charge is 0.327 e. The quantitative estimate of drug-likeness (QED) is 0.167. The predicted octanol–water partition coefficient (Wildman–Crippen LogP) is 9.70. The number of ether oxygens (including phenoxy) is 3. The molecule has 0 aromatic heterocycles. The van der Waals surface area contributed by atoms with Gasteiger partial charge >= 0.3 is 6.18 Å². The van der Waals surface area contributed by atoms with Gasteiger partial charge in [0.15, 0.2) is 0 Å². The fourth-order valence-corrected chi connectivity index (χ4v) is 4.02. The van der Waals surface area contributed by atoms with Crippen LogP contribution in [0.3, 0.4) is 0 Å². The molecule has 0 spiro atoms. The van der Waals surface area contributed by atoms with Crippen molar-refractivity contribution in [1.82, 2.24) is 0 Å². The molecule has 0 radical (unpaired) electrons. The van der Waals surface area contributed by atoms with E-state index >= 15 is 0 Å². The number of hydrogen-bond acceptors (Lipinski definition) is 3. The van der Waals surface area contributed by atoms with Crippen molar-refractivity contribution in [3.05, 3.63) is 59.7 Å². The molecule has 0 fully saturated rings. The molecule has 6 heteroatoms. The van der Waals surface area contributed by atoms with E-state index in [0.29, 0.717) is 0 Å².